The Bertz CT molecular complexity index is 516. The van der Waals surface area contributed by atoms with Gasteiger partial charge < -0.3 is 4.90 Å². The van der Waals surface area contributed by atoms with Gasteiger partial charge in [-0.25, -0.2) is 0 Å². The number of halogens is 3. The van der Waals surface area contributed by atoms with E-state index in [1.54, 1.807) is 12.1 Å². The lowest BCUT2D eigenvalue weighted by molar-refractivity contribution is -0.137. The van der Waals surface area contributed by atoms with E-state index in [4.69, 9.17) is 5.26 Å². The van der Waals surface area contributed by atoms with Crippen molar-refractivity contribution in [2.24, 2.45) is 5.92 Å². The molecule has 1 saturated heterocycles. The zero-order valence-corrected chi connectivity index (χ0v) is 10.8. The summed E-state index contributed by atoms with van der Waals surface area (Å²) >= 11 is 0. The van der Waals surface area contributed by atoms with Crippen molar-refractivity contribution in [3.8, 4) is 6.07 Å². The highest BCUT2D eigenvalue weighted by molar-refractivity contribution is 5.56. The highest BCUT2D eigenvalue weighted by Gasteiger charge is 2.35. The number of nitriles is 1. The topological polar surface area (TPSA) is 27.0 Å². The molecule has 0 amide bonds. The van der Waals surface area contributed by atoms with Crippen molar-refractivity contribution in [2.45, 2.75) is 32.5 Å². The Balaban J connectivity index is 2.42. The molecule has 0 aliphatic carbocycles. The molecule has 1 aliphatic heterocycles. The van der Waals surface area contributed by atoms with Crippen molar-refractivity contribution in [1.29, 1.82) is 5.26 Å². The van der Waals surface area contributed by atoms with Crippen LogP contribution in [0.15, 0.2) is 18.2 Å². The van der Waals surface area contributed by atoms with Crippen LogP contribution in [0.25, 0.3) is 0 Å². The van der Waals surface area contributed by atoms with Gasteiger partial charge in [-0.3, -0.25) is 0 Å². The van der Waals surface area contributed by atoms with E-state index < -0.39 is 11.7 Å². The molecule has 0 saturated carbocycles. The van der Waals surface area contributed by atoms with Crippen LogP contribution in [0, 0.1) is 17.2 Å². The molecule has 102 valence electrons. The first-order valence-electron chi connectivity index (χ1n) is 6.22. The molecule has 1 aromatic carbocycles. The smallest absolute Gasteiger partial charge is 0.369 e. The first kappa shape index (κ1) is 13.7. The third-order valence-electron chi connectivity index (χ3n) is 3.90. The summed E-state index contributed by atoms with van der Waals surface area (Å²) in [5.74, 6) is 0.463. The lowest BCUT2D eigenvalue weighted by atomic mass is 10.0. The zero-order valence-electron chi connectivity index (χ0n) is 10.8. The van der Waals surface area contributed by atoms with Crippen LogP contribution in [0.5, 0.6) is 0 Å². The summed E-state index contributed by atoms with van der Waals surface area (Å²) in [7, 11) is 0. The average molecular weight is 268 g/mol. The minimum Gasteiger partial charge on any atom is -0.369 e. The van der Waals surface area contributed by atoms with E-state index >= 15 is 0 Å². The standard InChI is InChI=1S/C14H15F3N2/c1-9-5-6-19(10(9)2)12-4-3-11(8-18)13(7-12)14(15,16)17/h3-4,7,9-10H,5-6H2,1-2H3. The van der Waals surface area contributed by atoms with E-state index in [0.717, 1.165) is 19.0 Å². The molecule has 2 rings (SSSR count). The molecule has 0 spiro atoms. The number of anilines is 1. The van der Waals surface area contributed by atoms with Crippen LogP contribution in [0.3, 0.4) is 0 Å². The molecule has 5 heteroatoms. The average Bonchev–Trinajstić information content (AvgIpc) is 2.68. The third kappa shape index (κ3) is 2.53. The van der Waals surface area contributed by atoms with Crippen molar-refractivity contribution in [1.82, 2.24) is 0 Å². The molecular formula is C14H15F3N2. The maximum atomic E-state index is 12.9. The second-order valence-corrected chi connectivity index (χ2v) is 5.04. The van der Waals surface area contributed by atoms with E-state index in [2.05, 4.69) is 6.92 Å². The third-order valence-corrected chi connectivity index (χ3v) is 3.90. The van der Waals surface area contributed by atoms with Crippen LogP contribution in [0.4, 0.5) is 18.9 Å². The Morgan fingerprint density at radius 2 is 2.00 bits per heavy atom. The minimum atomic E-state index is -4.49. The van der Waals surface area contributed by atoms with Gasteiger partial charge in [-0.05, 0) is 37.5 Å². The van der Waals surface area contributed by atoms with Crippen molar-refractivity contribution < 1.29 is 13.2 Å². The first-order valence-corrected chi connectivity index (χ1v) is 6.22. The first-order chi connectivity index (χ1) is 8.84. The Labute approximate surface area is 110 Å². The van der Waals surface area contributed by atoms with E-state index in [0.29, 0.717) is 11.6 Å². The van der Waals surface area contributed by atoms with Gasteiger partial charge in [0.1, 0.15) is 0 Å². The van der Waals surface area contributed by atoms with Crippen molar-refractivity contribution in [2.75, 3.05) is 11.4 Å². The summed E-state index contributed by atoms with van der Waals surface area (Å²) in [4.78, 5) is 1.97. The fourth-order valence-corrected chi connectivity index (χ4v) is 2.50. The van der Waals surface area contributed by atoms with Crippen LogP contribution < -0.4 is 4.90 Å². The van der Waals surface area contributed by atoms with Gasteiger partial charge >= 0.3 is 6.18 Å². The van der Waals surface area contributed by atoms with Crippen LogP contribution in [-0.4, -0.2) is 12.6 Å². The maximum Gasteiger partial charge on any atom is 0.417 e. The van der Waals surface area contributed by atoms with Gasteiger partial charge in [0.2, 0.25) is 0 Å². The number of hydrogen-bond acceptors (Lipinski definition) is 2. The van der Waals surface area contributed by atoms with Crippen molar-refractivity contribution in [3.05, 3.63) is 29.3 Å². The summed E-state index contributed by atoms with van der Waals surface area (Å²) in [5.41, 5.74) is -0.626. The Morgan fingerprint density at radius 1 is 1.32 bits per heavy atom. The largest absolute Gasteiger partial charge is 0.417 e. The second kappa shape index (κ2) is 4.76. The zero-order chi connectivity index (χ0) is 14.2. The van der Waals surface area contributed by atoms with Gasteiger partial charge in [0.05, 0.1) is 17.2 Å². The molecule has 2 atom stereocenters. The molecule has 19 heavy (non-hydrogen) atoms. The molecule has 1 fully saturated rings. The summed E-state index contributed by atoms with van der Waals surface area (Å²) in [6.45, 7) is 4.87. The Hall–Kier alpha value is -1.70. The van der Waals surface area contributed by atoms with Crippen LogP contribution in [0.1, 0.15) is 31.4 Å². The predicted octanol–water partition coefficient (Wildman–Crippen LogP) is 3.81. The summed E-state index contributed by atoms with van der Waals surface area (Å²) < 4.78 is 38.7. The SMILES string of the molecule is CC1CCN(c2ccc(C#N)c(C(F)(F)F)c2)C1C. The molecule has 1 aromatic rings. The van der Waals surface area contributed by atoms with Crippen LogP contribution in [-0.2, 0) is 6.18 Å². The molecule has 0 radical (unpaired) electrons. The summed E-state index contributed by atoms with van der Waals surface area (Å²) in [6, 6.07) is 5.77. The van der Waals surface area contributed by atoms with Gasteiger partial charge in [-0.15, -0.1) is 0 Å². The normalized spacial score (nSPS) is 23.5. The molecule has 0 aromatic heterocycles. The Morgan fingerprint density at radius 3 is 2.47 bits per heavy atom. The minimum absolute atomic E-state index is 0.217. The summed E-state index contributed by atoms with van der Waals surface area (Å²) in [5, 5.41) is 8.77. The molecule has 1 aliphatic rings. The Kier molecular flexibility index (Phi) is 3.44. The molecular weight excluding hydrogens is 253 g/mol. The van der Waals surface area contributed by atoms with Crippen molar-refractivity contribution in [3.63, 3.8) is 0 Å². The fraction of sp³-hybridized carbons (Fsp3) is 0.500. The van der Waals surface area contributed by atoms with E-state index in [1.807, 2.05) is 11.8 Å². The lowest BCUT2D eigenvalue weighted by Crippen LogP contribution is -2.29. The van der Waals surface area contributed by atoms with Gasteiger partial charge in [0, 0.05) is 18.3 Å². The monoisotopic (exact) mass is 268 g/mol. The second-order valence-electron chi connectivity index (χ2n) is 5.04. The van der Waals surface area contributed by atoms with Crippen molar-refractivity contribution >= 4 is 5.69 Å². The van der Waals surface area contributed by atoms with Gasteiger partial charge in [0.15, 0.2) is 0 Å². The molecule has 0 bridgehead atoms. The molecule has 2 nitrogen and oxygen atoms in total. The predicted molar refractivity (Wildman–Crippen MR) is 66.7 cm³/mol. The fourth-order valence-electron chi connectivity index (χ4n) is 2.50. The maximum absolute atomic E-state index is 12.9. The number of hydrogen-bond donors (Lipinski definition) is 0. The lowest BCUT2D eigenvalue weighted by Gasteiger charge is -2.26. The number of nitrogens with zero attached hydrogens (tertiary/aromatic N) is 2. The number of alkyl halides is 3. The molecule has 1 heterocycles. The highest BCUT2D eigenvalue weighted by Crippen LogP contribution is 2.36. The molecule has 2 unspecified atom stereocenters. The highest BCUT2D eigenvalue weighted by atomic mass is 19.4. The number of benzene rings is 1. The number of rotatable bonds is 1. The van der Waals surface area contributed by atoms with Crippen LogP contribution in [0.2, 0.25) is 0 Å². The van der Waals surface area contributed by atoms with E-state index in [1.165, 1.54) is 6.07 Å². The quantitative estimate of drug-likeness (QED) is 0.774. The molecule has 0 N–H and O–H groups in total. The van der Waals surface area contributed by atoms with Crippen LogP contribution >= 0.6 is 0 Å². The summed E-state index contributed by atoms with van der Waals surface area (Å²) in [6.07, 6.45) is -3.52. The van der Waals surface area contributed by atoms with Gasteiger partial charge in [-0.2, -0.15) is 18.4 Å². The van der Waals surface area contributed by atoms with Gasteiger partial charge in [0.25, 0.3) is 0 Å². The van der Waals surface area contributed by atoms with E-state index in [9.17, 15) is 13.2 Å². The van der Waals surface area contributed by atoms with Gasteiger partial charge in [-0.1, -0.05) is 6.92 Å². The van der Waals surface area contributed by atoms with E-state index in [-0.39, 0.29) is 11.6 Å².